The number of rotatable bonds is 7. The van der Waals surface area contributed by atoms with Crippen molar-refractivity contribution in [3.63, 3.8) is 0 Å². The molecule has 3 aromatic rings. The second-order valence-corrected chi connectivity index (χ2v) is 10.4. The lowest BCUT2D eigenvalue weighted by atomic mass is 9.95. The molecule has 2 unspecified atom stereocenters. The van der Waals surface area contributed by atoms with Gasteiger partial charge in [-0.2, -0.15) is 0 Å². The van der Waals surface area contributed by atoms with Gasteiger partial charge in [0.2, 0.25) is 22.2 Å². The highest BCUT2D eigenvalue weighted by Gasteiger charge is 2.46. The van der Waals surface area contributed by atoms with Crippen molar-refractivity contribution in [2.75, 3.05) is 17.6 Å². The van der Waals surface area contributed by atoms with Gasteiger partial charge in [0.05, 0.1) is 12.9 Å². The van der Waals surface area contributed by atoms with Crippen molar-refractivity contribution in [2.24, 2.45) is 0 Å². The van der Waals surface area contributed by atoms with Crippen LogP contribution in [0.5, 0.6) is 5.75 Å². The van der Waals surface area contributed by atoms with E-state index in [0.717, 1.165) is 17.0 Å². The van der Waals surface area contributed by atoms with Crippen molar-refractivity contribution in [1.82, 2.24) is 5.32 Å². The SMILES string of the molecule is CC(=O)NC1[C@H](Oc2ccc3ccccc3c2-c2cccc(NS(C)(=O)=O)c2)OC(CO)[C@H](O)[C@@H]1O. The Morgan fingerprint density at radius 3 is 2.50 bits per heavy atom. The average molecular weight is 517 g/mol. The van der Waals surface area contributed by atoms with Crippen LogP contribution in [0.2, 0.25) is 0 Å². The van der Waals surface area contributed by atoms with Crippen molar-refractivity contribution < 1.29 is 38.0 Å². The molecule has 5 N–H and O–H groups in total. The van der Waals surface area contributed by atoms with Crippen LogP contribution in [0.15, 0.2) is 60.7 Å². The summed E-state index contributed by atoms with van der Waals surface area (Å²) in [5.74, 6) is -0.143. The minimum Gasteiger partial charge on any atom is -0.462 e. The molecule has 0 aromatic heterocycles. The van der Waals surface area contributed by atoms with Gasteiger partial charge in [-0.1, -0.05) is 42.5 Å². The first kappa shape index (κ1) is 25.9. The summed E-state index contributed by atoms with van der Waals surface area (Å²) >= 11 is 0. The fraction of sp³-hybridized carbons (Fsp3) is 0.320. The fourth-order valence-electron chi connectivity index (χ4n) is 4.30. The van der Waals surface area contributed by atoms with Gasteiger partial charge in [0, 0.05) is 18.2 Å². The maximum absolute atomic E-state index is 11.8. The second-order valence-electron chi connectivity index (χ2n) is 8.67. The minimum absolute atomic E-state index is 0.325. The van der Waals surface area contributed by atoms with Gasteiger partial charge in [-0.3, -0.25) is 9.52 Å². The van der Waals surface area contributed by atoms with E-state index in [-0.39, 0.29) is 0 Å². The lowest BCUT2D eigenvalue weighted by Crippen LogP contribution is -2.65. The zero-order valence-electron chi connectivity index (χ0n) is 19.7. The molecule has 11 heteroatoms. The smallest absolute Gasteiger partial charge is 0.229 e. The highest BCUT2D eigenvalue weighted by Crippen LogP contribution is 2.39. The number of ether oxygens (including phenoxy) is 2. The molecular formula is C25H28N2O8S. The Labute approximate surface area is 208 Å². The Balaban J connectivity index is 1.81. The number of anilines is 1. The van der Waals surface area contributed by atoms with Crippen LogP contribution in [0, 0.1) is 0 Å². The predicted octanol–water partition coefficient (Wildman–Crippen LogP) is 1.20. The van der Waals surface area contributed by atoms with Crippen LogP contribution >= 0.6 is 0 Å². The number of aliphatic hydroxyl groups is 3. The number of carbonyl (C=O) groups is 1. The summed E-state index contributed by atoms with van der Waals surface area (Å²) in [7, 11) is -3.51. The highest BCUT2D eigenvalue weighted by atomic mass is 32.2. The first-order chi connectivity index (χ1) is 17.1. The zero-order valence-corrected chi connectivity index (χ0v) is 20.5. The molecule has 36 heavy (non-hydrogen) atoms. The summed E-state index contributed by atoms with van der Waals surface area (Å²) in [6, 6.07) is 16.7. The van der Waals surface area contributed by atoms with E-state index >= 15 is 0 Å². The van der Waals surface area contributed by atoms with E-state index in [1.807, 2.05) is 30.3 Å². The first-order valence-corrected chi connectivity index (χ1v) is 13.1. The molecule has 0 aliphatic carbocycles. The van der Waals surface area contributed by atoms with E-state index in [4.69, 9.17) is 9.47 Å². The number of fused-ring (bicyclic) bond motifs is 1. The van der Waals surface area contributed by atoms with E-state index in [1.165, 1.54) is 6.92 Å². The van der Waals surface area contributed by atoms with E-state index in [9.17, 15) is 28.5 Å². The molecular weight excluding hydrogens is 488 g/mol. The number of benzene rings is 3. The standard InChI is InChI=1S/C25H28N2O8S/c1-14(29)26-22-24(31)23(30)20(13-28)35-25(22)34-19-11-10-15-6-3-4-9-18(15)21(19)16-7-5-8-17(12-16)27-36(2,32)33/h3-12,20,22-25,27-28,30-31H,13H2,1-2H3,(H,26,29)/t20?,22?,23-,24+,25+/m0/s1. The largest absolute Gasteiger partial charge is 0.462 e. The van der Waals surface area contributed by atoms with Crippen LogP contribution in [-0.2, 0) is 19.6 Å². The summed E-state index contributed by atoms with van der Waals surface area (Å²) < 4.78 is 38.0. The highest BCUT2D eigenvalue weighted by molar-refractivity contribution is 7.92. The molecule has 4 rings (SSSR count). The molecule has 1 amide bonds. The molecule has 3 aromatic carbocycles. The Kier molecular flexibility index (Phi) is 7.48. The molecule has 1 heterocycles. The van der Waals surface area contributed by atoms with Gasteiger partial charge < -0.3 is 30.1 Å². The van der Waals surface area contributed by atoms with Gasteiger partial charge in [0.1, 0.15) is 30.1 Å². The third-order valence-corrected chi connectivity index (χ3v) is 6.45. The molecule has 1 aliphatic heterocycles. The number of amides is 1. The predicted molar refractivity (Wildman–Crippen MR) is 134 cm³/mol. The Morgan fingerprint density at radius 2 is 1.81 bits per heavy atom. The summed E-state index contributed by atoms with van der Waals surface area (Å²) in [4.78, 5) is 11.8. The van der Waals surface area contributed by atoms with E-state index in [1.54, 1.807) is 30.3 Å². The minimum atomic E-state index is -3.51. The number of hydrogen-bond acceptors (Lipinski definition) is 8. The van der Waals surface area contributed by atoms with Crippen molar-refractivity contribution in [1.29, 1.82) is 0 Å². The number of carbonyl (C=O) groups excluding carboxylic acids is 1. The Hall–Kier alpha value is -3.22. The van der Waals surface area contributed by atoms with E-state index < -0.39 is 53.2 Å². The molecule has 0 radical (unpaired) electrons. The van der Waals surface area contributed by atoms with E-state index in [2.05, 4.69) is 10.0 Å². The maximum atomic E-state index is 11.8. The molecule has 0 bridgehead atoms. The van der Waals surface area contributed by atoms with Crippen molar-refractivity contribution in [3.05, 3.63) is 60.7 Å². The second kappa shape index (κ2) is 10.4. The quantitative estimate of drug-likeness (QED) is 0.314. The van der Waals surface area contributed by atoms with Crippen LogP contribution in [0.25, 0.3) is 21.9 Å². The van der Waals surface area contributed by atoms with Gasteiger partial charge in [0.25, 0.3) is 0 Å². The summed E-state index contributed by atoms with van der Waals surface area (Å²) in [5.41, 5.74) is 1.62. The molecule has 1 saturated heterocycles. The van der Waals surface area contributed by atoms with Crippen LogP contribution < -0.4 is 14.8 Å². The number of nitrogens with one attached hydrogen (secondary N) is 2. The van der Waals surface area contributed by atoms with Gasteiger partial charge in [0.15, 0.2) is 0 Å². The molecule has 5 atom stereocenters. The van der Waals surface area contributed by atoms with Gasteiger partial charge in [-0.25, -0.2) is 8.42 Å². The molecule has 192 valence electrons. The number of sulfonamides is 1. The zero-order chi connectivity index (χ0) is 26.0. The summed E-state index contributed by atoms with van der Waals surface area (Å²) in [6.45, 7) is 0.685. The third-order valence-electron chi connectivity index (χ3n) is 5.84. The number of hydrogen-bond donors (Lipinski definition) is 5. The lowest BCUT2D eigenvalue weighted by molar-refractivity contribution is -0.244. The van der Waals surface area contributed by atoms with Crippen molar-refractivity contribution >= 4 is 32.4 Å². The monoisotopic (exact) mass is 516 g/mol. The Bertz CT molecular complexity index is 1360. The van der Waals surface area contributed by atoms with Crippen LogP contribution in [-0.4, -0.2) is 73.2 Å². The van der Waals surface area contributed by atoms with Crippen molar-refractivity contribution in [3.8, 4) is 16.9 Å². The van der Waals surface area contributed by atoms with Crippen LogP contribution in [0.1, 0.15) is 6.92 Å². The van der Waals surface area contributed by atoms with Crippen molar-refractivity contribution in [2.45, 2.75) is 37.6 Å². The molecule has 0 spiro atoms. The van der Waals surface area contributed by atoms with Gasteiger partial charge >= 0.3 is 0 Å². The van der Waals surface area contributed by atoms with Gasteiger partial charge in [-0.15, -0.1) is 0 Å². The molecule has 10 nitrogen and oxygen atoms in total. The third kappa shape index (κ3) is 5.61. The molecule has 0 saturated carbocycles. The lowest BCUT2D eigenvalue weighted by Gasteiger charge is -2.42. The number of aliphatic hydroxyl groups excluding tert-OH is 3. The maximum Gasteiger partial charge on any atom is 0.229 e. The molecule has 1 aliphatic rings. The van der Waals surface area contributed by atoms with E-state index in [0.29, 0.717) is 22.6 Å². The fourth-order valence-corrected chi connectivity index (χ4v) is 4.85. The topological polar surface area (TPSA) is 154 Å². The molecule has 1 fully saturated rings. The average Bonchev–Trinajstić information content (AvgIpc) is 2.82. The van der Waals surface area contributed by atoms with Crippen LogP contribution in [0.4, 0.5) is 5.69 Å². The normalized spacial score (nSPS) is 24.3. The summed E-state index contributed by atoms with van der Waals surface area (Å²) in [5, 5.41) is 34.8. The Morgan fingerprint density at radius 1 is 1.06 bits per heavy atom. The van der Waals surface area contributed by atoms with Gasteiger partial charge in [-0.05, 0) is 34.5 Å². The first-order valence-electron chi connectivity index (χ1n) is 11.2. The van der Waals surface area contributed by atoms with Crippen LogP contribution in [0.3, 0.4) is 0 Å². The summed E-state index contributed by atoms with van der Waals surface area (Å²) in [6.07, 6.45) is -4.23.